The van der Waals surface area contributed by atoms with Crippen molar-refractivity contribution < 1.29 is 0 Å². The predicted molar refractivity (Wildman–Crippen MR) is 65.9 cm³/mol. The first-order valence-electron chi connectivity index (χ1n) is 6.51. The lowest BCUT2D eigenvalue weighted by molar-refractivity contribution is -0.162. The van der Waals surface area contributed by atoms with Crippen LogP contribution in [0.5, 0.6) is 0 Å². The van der Waals surface area contributed by atoms with Crippen molar-refractivity contribution in [2.75, 3.05) is 13.1 Å². The van der Waals surface area contributed by atoms with E-state index in [-0.39, 0.29) is 0 Å². The van der Waals surface area contributed by atoms with E-state index < -0.39 is 0 Å². The van der Waals surface area contributed by atoms with Crippen LogP contribution in [0, 0.1) is 23.2 Å². The van der Waals surface area contributed by atoms with E-state index in [4.69, 9.17) is 0 Å². The minimum Gasteiger partial charge on any atom is -0.298 e. The van der Waals surface area contributed by atoms with Gasteiger partial charge in [0.1, 0.15) is 0 Å². The normalized spacial score (nSPS) is 41.8. The van der Waals surface area contributed by atoms with Crippen LogP contribution in [-0.4, -0.2) is 23.5 Å². The Kier molecular flexibility index (Phi) is 2.46. The maximum absolute atomic E-state index is 2.69. The van der Waals surface area contributed by atoms with Crippen molar-refractivity contribution in [2.24, 2.45) is 23.2 Å². The van der Waals surface area contributed by atoms with Crippen molar-refractivity contribution in [3.8, 4) is 0 Å². The molecule has 88 valence electrons. The van der Waals surface area contributed by atoms with E-state index in [1.54, 1.807) is 0 Å². The summed E-state index contributed by atoms with van der Waals surface area (Å²) < 4.78 is 0. The van der Waals surface area contributed by atoms with Gasteiger partial charge in [0.15, 0.2) is 0 Å². The van der Waals surface area contributed by atoms with Crippen molar-refractivity contribution in [1.82, 2.24) is 4.90 Å². The standard InChI is InChI=1S/C14H27N/c1-10(2)14(6)11-7-12(14)9-15(8-11)13(3,4)5/h10-12H,7-9H2,1-6H3. The van der Waals surface area contributed by atoms with Crippen molar-refractivity contribution in [1.29, 1.82) is 0 Å². The highest BCUT2D eigenvalue weighted by atomic mass is 15.2. The molecule has 0 aromatic rings. The molecule has 1 aliphatic carbocycles. The number of piperidine rings is 2. The lowest BCUT2D eigenvalue weighted by atomic mass is 9.47. The highest BCUT2D eigenvalue weighted by molar-refractivity contribution is 5.07. The first-order valence-corrected chi connectivity index (χ1v) is 6.51. The molecule has 2 bridgehead atoms. The van der Waals surface area contributed by atoms with Crippen LogP contribution in [-0.2, 0) is 0 Å². The van der Waals surface area contributed by atoms with Crippen molar-refractivity contribution in [3.63, 3.8) is 0 Å². The molecule has 2 atom stereocenters. The van der Waals surface area contributed by atoms with Gasteiger partial charge in [-0.15, -0.1) is 0 Å². The number of hydrogen-bond acceptors (Lipinski definition) is 1. The van der Waals surface area contributed by atoms with Gasteiger partial charge < -0.3 is 0 Å². The average molecular weight is 209 g/mol. The fourth-order valence-electron chi connectivity index (χ4n) is 3.66. The van der Waals surface area contributed by atoms with Crippen molar-refractivity contribution in [2.45, 2.75) is 53.5 Å². The van der Waals surface area contributed by atoms with Crippen molar-refractivity contribution in [3.05, 3.63) is 0 Å². The van der Waals surface area contributed by atoms with E-state index >= 15 is 0 Å². The molecule has 0 amide bonds. The van der Waals surface area contributed by atoms with Gasteiger partial charge in [-0.3, -0.25) is 4.90 Å². The van der Waals surface area contributed by atoms with Gasteiger partial charge in [0.05, 0.1) is 0 Å². The molecule has 2 aliphatic heterocycles. The molecular formula is C14H27N. The largest absolute Gasteiger partial charge is 0.298 e. The molecule has 15 heavy (non-hydrogen) atoms. The Morgan fingerprint density at radius 3 is 1.93 bits per heavy atom. The van der Waals surface area contributed by atoms with Gasteiger partial charge in [0.25, 0.3) is 0 Å². The summed E-state index contributed by atoms with van der Waals surface area (Å²) in [5.74, 6) is 2.76. The Bertz CT molecular complexity index is 237. The smallest absolute Gasteiger partial charge is 0.0125 e. The Morgan fingerprint density at radius 2 is 1.60 bits per heavy atom. The zero-order valence-corrected chi connectivity index (χ0v) is 11.3. The monoisotopic (exact) mass is 209 g/mol. The summed E-state index contributed by atoms with van der Waals surface area (Å²) in [6.07, 6.45) is 1.49. The first kappa shape index (κ1) is 11.4. The minimum atomic E-state index is 0.370. The quantitative estimate of drug-likeness (QED) is 0.640. The molecule has 3 aliphatic rings. The molecule has 0 aromatic carbocycles. The van der Waals surface area contributed by atoms with Crippen LogP contribution in [0.4, 0.5) is 0 Å². The molecule has 2 saturated heterocycles. The molecule has 1 heteroatoms. The van der Waals surface area contributed by atoms with E-state index in [1.165, 1.54) is 19.5 Å². The molecular weight excluding hydrogens is 182 g/mol. The van der Waals surface area contributed by atoms with Gasteiger partial charge >= 0.3 is 0 Å². The lowest BCUT2D eigenvalue weighted by Crippen LogP contribution is -2.66. The van der Waals surface area contributed by atoms with Crippen LogP contribution in [0.15, 0.2) is 0 Å². The summed E-state index contributed by atoms with van der Waals surface area (Å²) in [6, 6.07) is 0. The third-order valence-electron chi connectivity index (χ3n) is 5.40. The fourth-order valence-corrected chi connectivity index (χ4v) is 3.66. The second kappa shape index (κ2) is 3.23. The average Bonchev–Trinajstić information content (AvgIpc) is 2.14. The van der Waals surface area contributed by atoms with Crippen LogP contribution in [0.3, 0.4) is 0 Å². The van der Waals surface area contributed by atoms with Crippen LogP contribution in [0.2, 0.25) is 0 Å². The van der Waals surface area contributed by atoms with Gasteiger partial charge in [0.2, 0.25) is 0 Å². The Labute approximate surface area is 95.2 Å². The Balaban J connectivity index is 2.09. The van der Waals surface area contributed by atoms with E-state index in [1.807, 2.05) is 0 Å². The van der Waals surface area contributed by atoms with Crippen LogP contribution >= 0.6 is 0 Å². The van der Waals surface area contributed by atoms with Gasteiger partial charge in [-0.2, -0.15) is 0 Å². The number of hydrogen-bond donors (Lipinski definition) is 0. The van der Waals surface area contributed by atoms with Gasteiger partial charge in [0, 0.05) is 18.6 Å². The molecule has 3 rings (SSSR count). The summed E-state index contributed by atoms with van der Waals surface area (Å²) in [6.45, 7) is 17.1. The molecule has 0 radical (unpaired) electrons. The predicted octanol–water partition coefficient (Wildman–Crippen LogP) is 3.40. The number of fused-ring (bicyclic) bond motifs is 2. The van der Waals surface area contributed by atoms with Gasteiger partial charge in [-0.1, -0.05) is 20.8 Å². The summed E-state index contributed by atoms with van der Waals surface area (Å²) in [4.78, 5) is 2.69. The maximum Gasteiger partial charge on any atom is 0.0125 e. The third-order valence-corrected chi connectivity index (χ3v) is 5.40. The molecule has 0 N–H and O–H groups in total. The van der Waals surface area contributed by atoms with Crippen LogP contribution < -0.4 is 0 Å². The highest BCUT2D eigenvalue weighted by Gasteiger charge is 2.57. The van der Waals surface area contributed by atoms with E-state index in [2.05, 4.69) is 46.4 Å². The van der Waals surface area contributed by atoms with Crippen LogP contribution in [0.25, 0.3) is 0 Å². The molecule has 2 unspecified atom stereocenters. The summed E-state index contributed by atoms with van der Waals surface area (Å²) in [5, 5.41) is 0. The maximum atomic E-state index is 2.69. The second-order valence-corrected chi connectivity index (χ2v) is 7.23. The van der Waals surface area contributed by atoms with Gasteiger partial charge in [-0.25, -0.2) is 0 Å². The minimum absolute atomic E-state index is 0.370. The summed E-state index contributed by atoms with van der Waals surface area (Å²) in [7, 11) is 0. The topological polar surface area (TPSA) is 3.24 Å². The van der Waals surface area contributed by atoms with Gasteiger partial charge in [-0.05, 0) is 50.4 Å². The lowest BCUT2D eigenvalue weighted by Gasteiger charge is -2.65. The zero-order valence-electron chi connectivity index (χ0n) is 11.3. The van der Waals surface area contributed by atoms with E-state index in [0.29, 0.717) is 11.0 Å². The molecule has 1 saturated carbocycles. The van der Waals surface area contributed by atoms with E-state index in [0.717, 1.165) is 17.8 Å². The first-order chi connectivity index (χ1) is 6.76. The fraction of sp³-hybridized carbons (Fsp3) is 1.00. The van der Waals surface area contributed by atoms with Crippen molar-refractivity contribution >= 4 is 0 Å². The molecule has 2 heterocycles. The number of rotatable bonds is 1. The SMILES string of the molecule is CC(C)C1(C)C2CC1CN(C(C)(C)C)C2. The second-order valence-electron chi connectivity index (χ2n) is 7.23. The highest BCUT2D eigenvalue weighted by Crippen LogP contribution is 2.59. The number of nitrogens with zero attached hydrogens (tertiary/aromatic N) is 1. The third kappa shape index (κ3) is 1.54. The summed E-state index contributed by atoms with van der Waals surface area (Å²) in [5.41, 5.74) is 1.01. The Morgan fingerprint density at radius 1 is 1.13 bits per heavy atom. The molecule has 0 spiro atoms. The Hall–Kier alpha value is -0.0400. The molecule has 1 nitrogen and oxygen atoms in total. The summed E-state index contributed by atoms with van der Waals surface area (Å²) >= 11 is 0. The van der Waals surface area contributed by atoms with E-state index in [9.17, 15) is 0 Å². The van der Waals surface area contributed by atoms with Crippen LogP contribution in [0.1, 0.15) is 48.0 Å². The molecule has 0 aromatic heterocycles. The zero-order chi connectivity index (χ0) is 11.4. The molecule has 3 fully saturated rings.